The summed E-state index contributed by atoms with van der Waals surface area (Å²) in [5.74, 6) is 0.305. The van der Waals surface area contributed by atoms with Gasteiger partial charge in [-0.3, -0.25) is 4.79 Å². The summed E-state index contributed by atoms with van der Waals surface area (Å²) in [6.07, 6.45) is 4.18. The Morgan fingerprint density at radius 2 is 1.85 bits per heavy atom. The van der Waals surface area contributed by atoms with Crippen LogP contribution in [0.25, 0.3) is 0 Å². The minimum absolute atomic E-state index is 0.0930. The Labute approximate surface area is 165 Å². The van der Waals surface area contributed by atoms with Crippen molar-refractivity contribution in [2.75, 3.05) is 33.3 Å². The third-order valence-corrected chi connectivity index (χ3v) is 5.23. The van der Waals surface area contributed by atoms with Crippen molar-refractivity contribution < 1.29 is 13.4 Å². The minimum atomic E-state index is -0.0930. The predicted octanol–water partition coefficient (Wildman–Crippen LogP) is 4.86. The third kappa shape index (κ3) is 5.16. The predicted molar refractivity (Wildman–Crippen MR) is 110 cm³/mol. The van der Waals surface area contributed by atoms with Gasteiger partial charge in [-0.25, -0.2) is 0 Å². The van der Waals surface area contributed by atoms with Gasteiger partial charge in [0.2, 0.25) is 0 Å². The molecule has 0 saturated carbocycles. The van der Waals surface area contributed by atoms with Crippen molar-refractivity contribution >= 4 is 18.1 Å². The van der Waals surface area contributed by atoms with E-state index < -0.39 is 0 Å². The number of piperazine rings is 1. The molecule has 6 heteroatoms. The lowest BCUT2D eigenvalue weighted by molar-refractivity contribution is 0.0668. The highest BCUT2D eigenvalue weighted by atomic mass is 32.2. The first kappa shape index (κ1) is 21.1. The number of rotatable bonds is 6. The van der Waals surface area contributed by atoms with Crippen LogP contribution in [0, 0.1) is 0 Å². The van der Waals surface area contributed by atoms with E-state index in [9.17, 15) is 8.68 Å². The maximum absolute atomic E-state index is 12.9. The number of hydrogen-bond acceptors (Lipinski definition) is 4. The van der Waals surface area contributed by atoms with Gasteiger partial charge in [-0.2, -0.15) is 3.89 Å². The van der Waals surface area contributed by atoms with Crippen LogP contribution >= 0.6 is 12.1 Å². The topological polar surface area (TPSA) is 32.8 Å². The van der Waals surface area contributed by atoms with Crippen molar-refractivity contribution in [1.29, 1.82) is 0 Å². The van der Waals surface area contributed by atoms with Crippen molar-refractivity contribution in [3.63, 3.8) is 0 Å². The van der Waals surface area contributed by atoms with E-state index in [2.05, 4.69) is 37.5 Å². The lowest BCUT2D eigenvalue weighted by Crippen LogP contribution is -2.48. The summed E-state index contributed by atoms with van der Waals surface area (Å²) in [5.41, 5.74) is 3.78. The molecular formula is C21H27FN2O2S. The van der Waals surface area contributed by atoms with E-state index in [1.807, 2.05) is 6.92 Å². The van der Waals surface area contributed by atoms with Crippen LogP contribution in [0.2, 0.25) is 0 Å². The van der Waals surface area contributed by atoms with E-state index >= 15 is 0 Å². The summed E-state index contributed by atoms with van der Waals surface area (Å²) in [5, 5.41) is 0. The fraction of sp³-hybridized carbons (Fsp3) is 0.381. The van der Waals surface area contributed by atoms with Gasteiger partial charge in [0.15, 0.2) is 0 Å². The van der Waals surface area contributed by atoms with E-state index in [0.717, 1.165) is 24.4 Å². The summed E-state index contributed by atoms with van der Waals surface area (Å²) in [6.45, 7) is 13.0. The van der Waals surface area contributed by atoms with Crippen LogP contribution in [0.5, 0.6) is 5.75 Å². The number of benzene rings is 1. The van der Waals surface area contributed by atoms with E-state index in [0.29, 0.717) is 29.3 Å². The summed E-state index contributed by atoms with van der Waals surface area (Å²) < 4.78 is 18.0. The van der Waals surface area contributed by atoms with Crippen molar-refractivity contribution in [1.82, 2.24) is 9.80 Å². The fourth-order valence-electron chi connectivity index (χ4n) is 3.00. The van der Waals surface area contributed by atoms with Crippen molar-refractivity contribution in [2.45, 2.75) is 25.7 Å². The molecule has 1 fully saturated rings. The highest BCUT2D eigenvalue weighted by Crippen LogP contribution is 2.28. The van der Waals surface area contributed by atoms with Gasteiger partial charge >= 0.3 is 0 Å². The molecule has 0 N–H and O–H groups in total. The molecule has 0 radical (unpaired) electrons. The molecule has 0 aromatic heterocycles. The first-order chi connectivity index (χ1) is 12.9. The first-order valence-corrected chi connectivity index (χ1v) is 9.64. The quantitative estimate of drug-likeness (QED) is 0.650. The van der Waals surface area contributed by atoms with Crippen molar-refractivity contribution in [3.8, 4) is 5.75 Å². The van der Waals surface area contributed by atoms with Crippen molar-refractivity contribution in [3.05, 3.63) is 59.3 Å². The lowest BCUT2D eigenvalue weighted by Gasteiger charge is -2.37. The molecular weight excluding hydrogens is 363 g/mol. The van der Waals surface area contributed by atoms with E-state index in [1.54, 1.807) is 23.1 Å². The van der Waals surface area contributed by atoms with Gasteiger partial charge in [-0.1, -0.05) is 24.3 Å². The van der Waals surface area contributed by atoms with Crippen molar-refractivity contribution in [2.24, 2.45) is 0 Å². The second-order valence-electron chi connectivity index (χ2n) is 6.53. The molecule has 1 aromatic rings. The molecule has 1 saturated heterocycles. The van der Waals surface area contributed by atoms with Gasteiger partial charge in [0.1, 0.15) is 5.75 Å². The molecule has 27 heavy (non-hydrogen) atoms. The molecule has 0 atom stereocenters. The second-order valence-corrected chi connectivity index (χ2v) is 7.15. The van der Waals surface area contributed by atoms with Gasteiger partial charge in [0, 0.05) is 36.8 Å². The molecule has 1 aromatic carbocycles. The normalized spacial score (nSPS) is 15.7. The number of amides is 1. The monoisotopic (exact) mass is 390 g/mol. The Balaban J connectivity index is 2.04. The number of halogens is 1. The maximum Gasteiger partial charge on any atom is 0.257 e. The zero-order chi connectivity index (χ0) is 20.0. The molecule has 1 aliphatic heterocycles. The zero-order valence-corrected chi connectivity index (χ0v) is 17.2. The van der Waals surface area contributed by atoms with Crippen LogP contribution in [0.1, 0.15) is 31.1 Å². The van der Waals surface area contributed by atoms with Gasteiger partial charge in [-0.05, 0) is 44.5 Å². The largest absolute Gasteiger partial charge is 0.496 e. The summed E-state index contributed by atoms with van der Waals surface area (Å²) >= 11 is 0.136. The Hall–Kier alpha value is -2.21. The number of carbonyl (C=O) groups excluding carboxylic acids is 1. The summed E-state index contributed by atoms with van der Waals surface area (Å²) in [7, 11) is 1.49. The Kier molecular flexibility index (Phi) is 7.54. The molecule has 1 heterocycles. The number of allylic oxidation sites excluding steroid dienone is 4. The van der Waals surface area contributed by atoms with Gasteiger partial charge in [-0.15, -0.1) is 0 Å². The molecule has 2 rings (SSSR count). The minimum Gasteiger partial charge on any atom is -0.496 e. The first-order valence-electron chi connectivity index (χ1n) is 8.92. The SMILES string of the molecule is C=C(/C(C)=C\C(C)=C/C)N1CCN(C(=O)c2ccc(SF)cc2OC)CC1. The van der Waals surface area contributed by atoms with E-state index in [1.165, 1.54) is 12.7 Å². The van der Waals surface area contributed by atoms with Crippen LogP contribution in [-0.4, -0.2) is 49.0 Å². The zero-order valence-electron chi connectivity index (χ0n) is 16.4. The van der Waals surface area contributed by atoms with Gasteiger partial charge < -0.3 is 14.5 Å². The van der Waals surface area contributed by atoms with Crippen LogP contribution in [0.4, 0.5) is 3.89 Å². The van der Waals surface area contributed by atoms with Crippen LogP contribution in [-0.2, 0) is 0 Å². The number of ether oxygens (including phenoxy) is 1. The standard InChI is InChI=1S/C21H27FN2O2S/c1-6-15(2)13-16(3)17(4)23-9-11-24(12-10-23)21(25)19-8-7-18(27-22)14-20(19)26-5/h6-8,13-14H,4,9-12H2,1-3,5H3/b15-6-,16-13-. The molecule has 146 valence electrons. The third-order valence-electron chi connectivity index (χ3n) is 4.80. The fourth-order valence-corrected chi connectivity index (χ4v) is 3.27. The highest BCUT2D eigenvalue weighted by molar-refractivity contribution is 7.94. The number of nitrogens with zero attached hydrogens (tertiary/aromatic N) is 2. The maximum atomic E-state index is 12.9. The number of hydrogen-bond donors (Lipinski definition) is 0. The Morgan fingerprint density at radius 3 is 2.41 bits per heavy atom. The summed E-state index contributed by atoms with van der Waals surface area (Å²) in [6, 6.07) is 4.77. The molecule has 0 aliphatic carbocycles. The van der Waals surface area contributed by atoms with Gasteiger partial charge in [0.05, 0.1) is 24.8 Å². The van der Waals surface area contributed by atoms with E-state index in [-0.39, 0.29) is 18.1 Å². The second kappa shape index (κ2) is 9.65. The summed E-state index contributed by atoms with van der Waals surface area (Å²) in [4.78, 5) is 17.3. The van der Waals surface area contributed by atoms with Crippen LogP contribution < -0.4 is 4.74 Å². The van der Waals surface area contributed by atoms with Crippen LogP contribution in [0.3, 0.4) is 0 Å². The van der Waals surface area contributed by atoms with Gasteiger partial charge in [0.25, 0.3) is 5.91 Å². The molecule has 1 amide bonds. The molecule has 4 nitrogen and oxygen atoms in total. The highest BCUT2D eigenvalue weighted by Gasteiger charge is 2.25. The van der Waals surface area contributed by atoms with Crippen LogP contribution in [0.15, 0.2) is 58.7 Å². The number of methoxy groups -OCH3 is 1. The molecule has 0 spiro atoms. The molecule has 1 aliphatic rings. The average Bonchev–Trinajstić information content (AvgIpc) is 2.71. The molecule has 0 unspecified atom stereocenters. The number of carbonyl (C=O) groups is 1. The smallest absolute Gasteiger partial charge is 0.257 e. The van der Waals surface area contributed by atoms with E-state index in [4.69, 9.17) is 4.74 Å². The Bertz CT molecular complexity index is 765. The molecule has 0 bridgehead atoms. The Morgan fingerprint density at radius 1 is 1.22 bits per heavy atom. The lowest BCUT2D eigenvalue weighted by atomic mass is 10.1. The average molecular weight is 391 g/mol.